The molecule has 0 spiro atoms. The summed E-state index contributed by atoms with van der Waals surface area (Å²) in [6, 6.07) is 10.0. The van der Waals surface area contributed by atoms with Crippen molar-refractivity contribution in [2.75, 3.05) is 42.8 Å². The minimum absolute atomic E-state index is 0.0391. The highest BCUT2D eigenvalue weighted by atomic mass is 16.5. The Hall–Kier alpha value is -3.26. The first-order valence-electron chi connectivity index (χ1n) is 12.8. The number of methoxy groups -OCH3 is 2. The van der Waals surface area contributed by atoms with E-state index in [9.17, 15) is 9.59 Å². The quantitative estimate of drug-likeness (QED) is 0.611. The van der Waals surface area contributed by atoms with Crippen molar-refractivity contribution in [1.82, 2.24) is 4.90 Å². The molecule has 2 N–H and O–H groups in total. The van der Waals surface area contributed by atoms with E-state index < -0.39 is 0 Å². The van der Waals surface area contributed by atoms with E-state index in [4.69, 9.17) is 9.47 Å². The molecule has 2 aromatic rings. The molecule has 0 atom stereocenters. The molecule has 2 heterocycles. The number of hydrogen-bond donors (Lipinski definition) is 2. The van der Waals surface area contributed by atoms with Crippen LogP contribution >= 0.6 is 0 Å². The smallest absolute Gasteiger partial charge is 0.322 e. The molecule has 2 fully saturated rings. The minimum Gasteiger partial charge on any atom is -0.496 e. The maximum atomic E-state index is 13.2. The average Bonchev–Trinajstić information content (AvgIpc) is 2.85. The molecule has 0 radical (unpaired) electrons. The zero-order valence-electron chi connectivity index (χ0n) is 21.6. The molecule has 3 aliphatic rings. The van der Waals surface area contributed by atoms with Crippen LogP contribution in [0.15, 0.2) is 30.3 Å². The van der Waals surface area contributed by atoms with Crippen molar-refractivity contribution in [2.24, 2.45) is 5.92 Å². The van der Waals surface area contributed by atoms with E-state index >= 15 is 0 Å². The highest BCUT2D eigenvalue weighted by molar-refractivity contribution is 5.97. The number of aryl methyl sites for hydroxylation is 2. The van der Waals surface area contributed by atoms with Crippen LogP contribution in [-0.2, 0) is 16.1 Å². The summed E-state index contributed by atoms with van der Waals surface area (Å²) in [6.45, 7) is 6.37. The van der Waals surface area contributed by atoms with E-state index in [1.165, 1.54) is 11.1 Å². The Morgan fingerprint density at radius 1 is 1.03 bits per heavy atom. The Balaban J connectivity index is 1.22. The number of amides is 3. The molecule has 192 valence electrons. The van der Waals surface area contributed by atoms with E-state index in [2.05, 4.69) is 34.6 Å². The van der Waals surface area contributed by atoms with Crippen molar-refractivity contribution in [3.05, 3.63) is 47.0 Å². The van der Waals surface area contributed by atoms with Gasteiger partial charge in [0.15, 0.2) is 0 Å². The lowest BCUT2D eigenvalue weighted by molar-refractivity contribution is -0.121. The molecule has 2 aliphatic heterocycles. The summed E-state index contributed by atoms with van der Waals surface area (Å²) in [5.74, 6) is 0.748. The number of anilines is 3. The zero-order chi connectivity index (χ0) is 25.4. The number of urea groups is 1. The van der Waals surface area contributed by atoms with Crippen LogP contribution in [0.5, 0.6) is 5.75 Å². The summed E-state index contributed by atoms with van der Waals surface area (Å²) in [5.41, 5.74) is 6.16. The molecular formula is C28H36N4O4. The molecule has 8 nitrogen and oxygen atoms in total. The first-order chi connectivity index (χ1) is 17.4. The third-order valence-electron chi connectivity index (χ3n) is 8.05. The summed E-state index contributed by atoms with van der Waals surface area (Å²) in [7, 11) is 3.37. The third-order valence-corrected chi connectivity index (χ3v) is 8.05. The van der Waals surface area contributed by atoms with E-state index in [0.717, 1.165) is 67.1 Å². The van der Waals surface area contributed by atoms with Crippen LogP contribution < -0.4 is 20.3 Å². The van der Waals surface area contributed by atoms with E-state index in [-0.39, 0.29) is 30.0 Å². The fourth-order valence-electron chi connectivity index (χ4n) is 5.64. The maximum absolute atomic E-state index is 13.2. The van der Waals surface area contributed by atoms with Crippen LogP contribution in [0.3, 0.4) is 0 Å². The number of carbonyl (C=O) groups excluding carboxylic acids is 2. The lowest BCUT2D eigenvalue weighted by Crippen LogP contribution is -2.53. The van der Waals surface area contributed by atoms with Gasteiger partial charge in [0, 0.05) is 49.5 Å². The van der Waals surface area contributed by atoms with Gasteiger partial charge in [-0.1, -0.05) is 12.1 Å². The maximum Gasteiger partial charge on any atom is 0.322 e. The lowest BCUT2D eigenvalue weighted by Gasteiger charge is -2.44. The van der Waals surface area contributed by atoms with Gasteiger partial charge in [0.1, 0.15) is 5.75 Å². The van der Waals surface area contributed by atoms with Gasteiger partial charge in [-0.15, -0.1) is 0 Å². The predicted molar refractivity (Wildman–Crippen MR) is 141 cm³/mol. The van der Waals surface area contributed by atoms with Gasteiger partial charge in [-0.25, -0.2) is 4.79 Å². The molecule has 1 aliphatic carbocycles. The van der Waals surface area contributed by atoms with E-state index in [0.29, 0.717) is 6.54 Å². The largest absolute Gasteiger partial charge is 0.496 e. The summed E-state index contributed by atoms with van der Waals surface area (Å²) < 4.78 is 10.8. The second-order valence-electron chi connectivity index (χ2n) is 10.3. The van der Waals surface area contributed by atoms with Gasteiger partial charge in [0.05, 0.1) is 31.1 Å². The predicted octanol–water partition coefficient (Wildman–Crippen LogP) is 4.69. The second kappa shape index (κ2) is 10.0. The van der Waals surface area contributed by atoms with Crippen LogP contribution in [-0.4, -0.2) is 56.3 Å². The van der Waals surface area contributed by atoms with E-state index in [1.54, 1.807) is 14.2 Å². The molecule has 0 bridgehead atoms. The lowest BCUT2D eigenvalue weighted by atomic mass is 9.84. The number of rotatable bonds is 6. The van der Waals surface area contributed by atoms with Crippen LogP contribution in [0.1, 0.15) is 42.4 Å². The Bertz CT molecular complexity index is 1150. The van der Waals surface area contributed by atoms with Gasteiger partial charge in [-0.3, -0.25) is 4.79 Å². The molecule has 0 unspecified atom stereocenters. The van der Waals surface area contributed by atoms with Crippen LogP contribution in [0.2, 0.25) is 0 Å². The third kappa shape index (κ3) is 4.62. The van der Waals surface area contributed by atoms with Crippen molar-refractivity contribution >= 4 is 29.0 Å². The highest BCUT2D eigenvalue weighted by Gasteiger charge is 2.37. The van der Waals surface area contributed by atoms with Gasteiger partial charge in [-0.05, 0) is 62.8 Å². The Morgan fingerprint density at radius 3 is 2.44 bits per heavy atom. The van der Waals surface area contributed by atoms with Gasteiger partial charge in [-0.2, -0.15) is 0 Å². The topological polar surface area (TPSA) is 83.1 Å². The number of benzene rings is 2. The van der Waals surface area contributed by atoms with Gasteiger partial charge < -0.3 is 29.9 Å². The van der Waals surface area contributed by atoms with Crippen LogP contribution in [0.4, 0.5) is 21.9 Å². The van der Waals surface area contributed by atoms with Crippen LogP contribution in [0.25, 0.3) is 0 Å². The van der Waals surface area contributed by atoms with Crippen LogP contribution in [0, 0.1) is 19.8 Å². The number of carbonyl (C=O) groups is 2. The fourth-order valence-corrected chi connectivity index (χ4v) is 5.64. The van der Waals surface area contributed by atoms with Crippen molar-refractivity contribution in [3.8, 4) is 5.75 Å². The van der Waals surface area contributed by atoms with Crippen molar-refractivity contribution < 1.29 is 19.1 Å². The number of nitrogens with zero attached hydrogens (tertiary/aromatic N) is 2. The summed E-state index contributed by atoms with van der Waals surface area (Å²) in [4.78, 5) is 30.3. The van der Waals surface area contributed by atoms with Crippen molar-refractivity contribution in [1.29, 1.82) is 0 Å². The van der Waals surface area contributed by atoms with Crippen molar-refractivity contribution in [3.63, 3.8) is 0 Å². The first-order valence-corrected chi connectivity index (χ1v) is 12.8. The van der Waals surface area contributed by atoms with Crippen molar-refractivity contribution in [2.45, 2.75) is 58.2 Å². The Kier molecular flexibility index (Phi) is 6.79. The van der Waals surface area contributed by atoms with Gasteiger partial charge in [0.25, 0.3) is 0 Å². The Morgan fingerprint density at radius 2 is 1.75 bits per heavy atom. The fraction of sp³-hybridized carbons (Fsp3) is 0.500. The second-order valence-corrected chi connectivity index (χ2v) is 10.3. The summed E-state index contributed by atoms with van der Waals surface area (Å²) >= 11 is 0. The SMILES string of the molecule is COc1cc(NC(=O)C2CCC(N3Cc4c(C)ccc(N5CC(OC)C5)c4NC3=O)CC2)ccc1C. The molecular weight excluding hydrogens is 456 g/mol. The van der Waals surface area contributed by atoms with Gasteiger partial charge in [0.2, 0.25) is 5.91 Å². The number of ether oxygens (including phenoxy) is 2. The molecule has 5 rings (SSSR count). The number of nitrogens with one attached hydrogen (secondary N) is 2. The number of hydrogen-bond acceptors (Lipinski definition) is 5. The Labute approximate surface area is 212 Å². The molecule has 3 amide bonds. The normalized spacial score (nSPS) is 21.9. The molecule has 8 heteroatoms. The summed E-state index contributed by atoms with van der Waals surface area (Å²) in [6.07, 6.45) is 3.41. The molecule has 0 aromatic heterocycles. The standard InChI is InChI=1S/C28H36N4O4/c1-17-6-12-24(31-14-22(15-31)35-3)26-23(17)16-32(28(34)30-26)21-10-7-19(8-11-21)27(33)29-20-9-5-18(2)25(13-20)36-4/h5-6,9,12-13,19,21-22H,7-8,10-11,14-16H2,1-4H3,(H,29,33)(H,30,34). The molecule has 1 saturated carbocycles. The number of fused-ring (bicyclic) bond motifs is 1. The summed E-state index contributed by atoms with van der Waals surface area (Å²) in [5, 5.41) is 6.24. The average molecular weight is 493 g/mol. The monoisotopic (exact) mass is 492 g/mol. The highest BCUT2D eigenvalue weighted by Crippen LogP contribution is 2.40. The van der Waals surface area contributed by atoms with E-state index in [1.807, 2.05) is 30.0 Å². The minimum atomic E-state index is -0.0535. The molecule has 1 saturated heterocycles. The zero-order valence-corrected chi connectivity index (χ0v) is 21.6. The molecule has 2 aromatic carbocycles. The first kappa shape index (κ1) is 24.4. The van der Waals surface area contributed by atoms with Gasteiger partial charge >= 0.3 is 6.03 Å². The molecule has 36 heavy (non-hydrogen) atoms.